The summed E-state index contributed by atoms with van der Waals surface area (Å²) < 4.78 is 10.8. The average Bonchev–Trinajstić information content (AvgIpc) is 3.02. The first kappa shape index (κ1) is 42.8. The van der Waals surface area contributed by atoms with E-state index < -0.39 is 47.3 Å². The molecule has 2 aromatic carbocycles. The van der Waals surface area contributed by atoms with Gasteiger partial charge in [-0.15, -0.1) is 0 Å². The average molecular weight is 731 g/mol. The van der Waals surface area contributed by atoms with Gasteiger partial charge in [0.05, 0.1) is 0 Å². The van der Waals surface area contributed by atoms with Gasteiger partial charge in [-0.25, -0.2) is 9.59 Å². The minimum atomic E-state index is -0.937. The van der Waals surface area contributed by atoms with E-state index in [-0.39, 0.29) is 11.5 Å². The number of aryl methyl sites for hydroxylation is 2. The molecule has 50 heavy (non-hydrogen) atoms. The fraction of sp³-hybridized carbons (Fsp3) is 0.579. The molecule has 0 saturated heterocycles. The van der Waals surface area contributed by atoms with E-state index in [1.807, 2.05) is 48.5 Å². The lowest BCUT2D eigenvalue weighted by molar-refractivity contribution is -0.118. The maximum absolute atomic E-state index is 13.4. The Bertz CT molecular complexity index is 1240. The zero-order chi connectivity index (χ0) is 37.2. The van der Waals surface area contributed by atoms with Crippen molar-refractivity contribution in [3.05, 3.63) is 59.7 Å². The van der Waals surface area contributed by atoms with Crippen molar-refractivity contribution in [2.24, 2.45) is 0 Å². The molecule has 2 aromatic rings. The first-order valence-corrected chi connectivity index (χ1v) is 20.1. The first-order chi connectivity index (χ1) is 23.6. The number of ether oxygens (including phenoxy) is 2. The number of amides is 4. The van der Waals surface area contributed by atoms with Crippen LogP contribution in [0.2, 0.25) is 0 Å². The van der Waals surface area contributed by atoms with E-state index >= 15 is 0 Å². The van der Waals surface area contributed by atoms with Gasteiger partial charge in [-0.1, -0.05) is 85.4 Å². The topological polar surface area (TPSA) is 135 Å². The summed E-state index contributed by atoms with van der Waals surface area (Å²) in [5.74, 6) is -0.458. The lowest BCUT2D eigenvalue weighted by Crippen LogP contribution is -2.47. The summed E-state index contributed by atoms with van der Waals surface area (Å²) in [6.45, 7) is 14.8. The van der Waals surface area contributed by atoms with E-state index in [0.29, 0.717) is 11.4 Å². The van der Waals surface area contributed by atoms with Crippen LogP contribution in [0, 0.1) is 0 Å². The van der Waals surface area contributed by atoms with E-state index in [4.69, 9.17) is 9.47 Å². The number of carbonyl (C=O) groups is 4. The van der Waals surface area contributed by atoms with Gasteiger partial charge in [-0.2, -0.15) is 0 Å². The molecule has 0 saturated carbocycles. The van der Waals surface area contributed by atoms with Crippen LogP contribution in [-0.2, 0) is 31.9 Å². The molecular weight excluding hydrogens is 673 g/mol. The van der Waals surface area contributed by atoms with Gasteiger partial charge < -0.3 is 30.7 Å². The van der Waals surface area contributed by atoms with Crippen LogP contribution in [-0.4, -0.2) is 58.8 Å². The van der Waals surface area contributed by atoms with E-state index in [0.717, 1.165) is 38.5 Å². The summed E-state index contributed by atoms with van der Waals surface area (Å²) in [4.78, 5) is 52.1. The zero-order valence-electron chi connectivity index (χ0n) is 31.1. The second-order valence-electron chi connectivity index (χ2n) is 14.3. The van der Waals surface area contributed by atoms with E-state index in [9.17, 15) is 19.2 Å². The maximum atomic E-state index is 13.4. The number of benzene rings is 2. The van der Waals surface area contributed by atoms with Gasteiger partial charge in [0.1, 0.15) is 23.3 Å². The lowest BCUT2D eigenvalue weighted by atomic mass is 10.1. The van der Waals surface area contributed by atoms with Crippen LogP contribution in [0.3, 0.4) is 0 Å². The summed E-state index contributed by atoms with van der Waals surface area (Å²) in [7, 11) is 2.58. The first-order valence-electron chi connectivity index (χ1n) is 17.6. The third-order valence-electron chi connectivity index (χ3n) is 7.15. The molecule has 278 valence electrons. The van der Waals surface area contributed by atoms with Crippen molar-refractivity contribution < 1.29 is 28.7 Å². The monoisotopic (exact) mass is 730 g/mol. The van der Waals surface area contributed by atoms with Crippen LogP contribution in [0.25, 0.3) is 0 Å². The number of anilines is 2. The molecule has 0 aliphatic rings. The maximum Gasteiger partial charge on any atom is 0.408 e. The van der Waals surface area contributed by atoms with Gasteiger partial charge >= 0.3 is 12.2 Å². The van der Waals surface area contributed by atoms with E-state index in [1.165, 1.54) is 45.6 Å². The highest BCUT2D eigenvalue weighted by Crippen LogP contribution is 2.25. The van der Waals surface area contributed by atoms with Crippen molar-refractivity contribution in [3.63, 3.8) is 0 Å². The van der Waals surface area contributed by atoms with Gasteiger partial charge in [-0.3, -0.25) is 9.59 Å². The SMILES string of the molecule is CCCCCc1ccc(NC(=O)C(CSSCC(NC(=O)OC(C)(C)C)C(=O)Nc2ccc(CCCCC)cc2)NC(=O)OC(C)(C)C)cc1. The fourth-order valence-electron chi connectivity index (χ4n) is 4.62. The molecule has 0 aliphatic carbocycles. The summed E-state index contributed by atoms with van der Waals surface area (Å²) in [6.07, 6.45) is 7.39. The second kappa shape index (κ2) is 21.8. The molecule has 0 aliphatic heterocycles. The Labute approximate surface area is 307 Å². The number of hydrogen-bond acceptors (Lipinski definition) is 8. The van der Waals surface area contributed by atoms with Crippen molar-refractivity contribution in [2.75, 3.05) is 22.1 Å². The standard InChI is InChI=1S/C38H58N4O6S2/c1-9-11-13-15-27-17-21-29(22-18-27)39-33(43)31(41-35(45)47-37(3,4)5)25-49-50-26-32(42-36(46)48-38(6,7)8)34(44)40-30-23-19-28(20-24-30)16-14-12-10-2/h17-24,31-32H,9-16,25-26H2,1-8H3,(H,39,43)(H,40,44)(H,41,45)(H,42,46). The summed E-state index contributed by atoms with van der Waals surface area (Å²) >= 11 is 0. The smallest absolute Gasteiger partial charge is 0.408 e. The molecular formula is C38H58N4O6S2. The van der Waals surface area contributed by atoms with Crippen LogP contribution < -0.4 is 21.3 Å². The highest BCUT2D eigenvalue weighted by molar-refractivity contribution is 8.76. The number of alkyl carbamates (subject to hydrolysis) is 2. The number of rotatable bonds is 19. The number of carbonyl (C=O) groups excluding carboxylic acids is 4. The highest BCUT2D eigenvalue weighted by Gasteiger charge is 2.27. The van der Waals surface area contributed by atoms with Gasteiger partial charge in [0.15, 0.2) is 0 Å². The molecule has 4 N–H and O–H groups in total. The van der Waals surface area contributed by atoms with Crippen LogP contribution in [0.5, 0.6) is 0 Å². The van der Waals surface area contributed by atoms with Gasteiger partial charge in [0, 0.05) is 22.9 Å². The Hall–Kier alpha value is -3.38. The van der Waals surface area contributed by atoms with Crippen molar-refractivity contribution in [3.8, 4) is 0 Å². The summed E-state index contributed by atoms with van der Waals surface area (Å²) in [5, 5.41) is 11.2. The van der Waals surface area contributed by atoms with E-state index in [1.54, 1.807) is 41.5 Å². The Morgan fingerprint density at radius 1 is 0.580 bits per heavy atom. The molecule has 4 amide bonds. The van der Waals surface area contributed by atoms with Gasteiger partial charge in [0.25, 0.3) is 0 Å². The Morgan fingerprint density at radius 2 is 0.920 bits per heavy atom. The largest absolute Gasteiger partial charge is 0.444 e. The number of unbranched alkanes of at least 4 members (excludes halogenated alkanes) is 4. The minimum absolute atomic E-state index is 0.172. The van der Waals surface area contributed by atoms with Crippen LogP contribution in [0.4, 0.5) is 21.0 Å². The van der Waals surface area contributed by atoms with Crippen LogP contribution >= 0.6 is 21.6 Å². The predicted molar refractivity (Wildman–Crippen MR) is 208 cm³/mol. The lowest BCUT2D eigenvalue weighted by Gasteiger charge is -2.24. The van der Waals surface area contributed by atoms with Crippen LogP contribution in [0.1, 0.15) is 105 Å². The fourth-order valence-corrected chi connectivity index (χ4v) is 6.95. The third-order valence-corrected chi connectivity index (χ3v) is 9.57. The highest BCUT2D eigenvalue weighted by atomic mass is 33.1. The molecule has 0 fully saturated rings. The van der Waals surface area contributed by atoms with Crippen LogP contribution in [0.15, 0.2) is 48.5 Å². The minimum Gasteiger partial charge on any atom is -0.444 e. The molecule has 0 spiro atoms. The molecule has 12 heteroatoms. The van der Waals surface area contributed by atoms with Crippen molar-refractivity contribution >= 4 is 57.0 Å². The Balaban J connectivity index is 2.09. The molecule has 0 radical (unpaired) electrons. The molecule has 2 atom stereocenters. The van der Waals surface area contributed by atoms with Crippen molar-refractivity contribution in [1.82, 2.24) is 10.6 Å². The third kappa shape index (κ3) is 18.6. The molecule has 0 bridgehead atoms. The van der Waals surface area contributed by atoms with Crippen molar-refractivity contribution in [2.45, 2.75) is 130 Å². The predicted octanol–water partition coefficient (Wildman–Crippen LogP) is 8.90. The number of hydrogen-bond donors (Lipinski definition) is 4. The normalized spacial score (nSPS) is 12.7. The van der Waals surface area contributed by atoms with E-state index in [2.05, 4.69) is 35.1 Å². The molecule has 0 heterocycles. The summed E-state index contributed by atoms with van der Waals surface area (Å²) in [5.41, 5.74) is 2.15. The van der Waals surface area contributed by atoms with Gasteiger partial charge in [-0.05, 0) is 103 Å². The molecule has 0 aromatic heterocycles. The Kier molecular flexibility index (Phi) is 18.6. The summed E-state index contributed by atoms with van der Waals surface area (Å²) in [6, 6.07) is 13.5. The van der Waals surface area contributed by atoms with Gasteiger partial charge in [0.2, 0.25) is 11.8 Å². The molecule has 2 rings (SSSR count). The molecule has 2 unspecified atom stereocenters. The zero-order valence-corrected chi connectivity index (χ0v) is 32.7. The number of nitrogens with one attached hydrogen (secondary N) is 4. The van der Waals surface area contributed by atoms with Crippen molar-refractivity contribution in [1.29, 1.82) is 0 Å². The quantitative estimate of drug-likeness (QED) is 0.0832. The molecule has 10 nitrogen and oxygen atoms in total. The Morgan fingerprint density at radius 3 is 1.22 bits per heavy atom. The second-order valence-corrected chi connectivity index (χ2v) is 16.8.